The molecule has 0 radical (unpaired) electrons. The van der Waals surface area contributed by atoms with Crippen LogP contribution in [0.3, 0.4) is 0 Å². The number of nitrogens with zero attached hydrogens (tertiary/aromatic N) is 1. The number of amides is 1. The molecule has 14 heavy (non-hydrogen) atoms. The molecule has 1 rings (SSSR count). The topological polar surface area (TPSA) is 37.4 Å². The quantitative estimate of drug-likeness (QED) is 0.672. The summed E-state index contributed by atoms with van der Waals surface area (Å²) >= 11 is 0. The van der Waals surface area contributed by atoms with Gasteiger partial charge >= 0.3 is 0 Å². The number of hydrogen-bond donors (Lipinski definition) is 0. The van der Waals surface area contributed by atoms with Crippen molar-refractivity contribution in [3.8, 4) is 0 Å². The summed E-state index contributed by atoms with van der Waals surface area (Å²) in [6, 6.07) is 0. The van der Waals surface area contributed by atoms with Crippen LogP contribution in [0.2, 0.25) is 0 Å². The third-order valence-corrected chi connectivity index (χ3v) is 2.84. The number of ketones is 1. The molecule has 0 aliphatic carbocycles. The molecule has 1 saturated heterocycles. The molecule has 0 bridgehead atoms. The monoisotopic (exact) mass is 197 g/mol. The average molecular weight is 197 g/mol. The summed E-state index contributed by atoms with van der Waals surface area (Å²) in [5.74, 6) is 0.557. The lowest BCUT2D eigenvalue weighted by atomic mass is 9.88. The third kappa shape index (κ3) is 2.56. The average Bonchev–Trinajstić information content (AvgIpc) is 2.16. The molecule has 3 nitrogen and oxygen atoms in total. The number of carbonyl (C=O) groups is 2. The highest BCUT2D eigenvalue weighted by atomic mass is 16.2. The molecule has 1 fully saturated rings. The maximum absolute atomic E-state index is 11.7. The van der Waals surface area contributed by atoms with E-state index < -0.39 is 0 Å². The Morgan fingerprint density at radius 2 is 2.00 bits per heavy atom. The van der Waals surface area contributed by atoms with E-state index in [4.69, 9.17) is 0 Å². The minimum absolute atomic E-state index is 0.0765. The zero-order valence-corrected chi connectivity index (χ0v) is 9.25. The van der Waals surface area contributed by atoms with Gasteiger partial charge in [0.1, 0.15) is 5.78 Å². The van der Waals surface area contributed by atoms with E-state index in [2.05, 4.69) is 0 Å². The van der Waals surface area contributed by atoms with E-state index in [1.54, 1.807) is 11.8 Å². The van der Waals surface area contributed by atoms with Gasteiger partial charge in [-0.2, -0.15) is 0 Å². The van der Waals surface area contributed by atoms with Crippen LogP contribution in [0.4, 0.5) is 0 Å². The first-order chi connectivity index (χ1) is 6.52. The first-order valence-corrected chi connectivity index (χ1v) is 5.31. The van der Waals surface area contributed by atoms with E-state index in [1.807, 2.05) is 13.8 Å². The predicted molar refractivity (Wildman–Crippen MR) is 54.8 cm³/mol. The molecule has 1 aliphatic rings. The van der Waals surface area contributed by atoms with E-state index in [-0.39, 0.29) is 17.7 Å². The summed E-state index contributed by atoms with van der Waals surface area (Å²) in [4.78, 5) is 24.7. The van der Waals surface area contributed by atoms with Gasteiger partial charge in [-0.1, -0.05) is 13.8 Å². The van der Waals surface area contributed by atoms with Crippen molar-refractivity contribution < 1.29 is 9.59 Å². The Bertz CT molecular complexity index is 235. The number of likely N-dealkylation sites (tertiary alicyclic amines) is 1. The molecule has 0 aromatic heterocycles. The fourth-order valence-corrected chi connectivity index (χ4v) is 1.97. The molecular formula is C11H19NO2. The molecular weight excluding hydrogens is 178 g/mol. The van der Waals surface area contributed by atoms with Gasteiger partial charge < -0.3 is 4.90 Å². The summed E-state index contributed by atoms with van der Waals surface area (Å²) in [7, 11) is 0. The van der Waals surface area contributed by atoms with E-state index in [0.29, 0.717) is 12.3 Å². The lowest BCUT2D eigenvalue weighted by Crippen LogP contribution is -2.42. The third-order valence-electron chi connectivity index (χ3n) is 2.84. The SMILES string of the molecule is CC(=O)N1CCCC(C(=O)C(C)C)C1. The van der Waals surface area contributed by atoms with Crippen LogP contribution in [0.25, 0.3) is 0 Å². The van der Waals surface area contributed by atoms with Gasteiger partial charge in [0.05, 0.1) is 0 Å². The highest BCUT2D eigenvalue weighted by molar-refractivity contribution is 5.84. The Hall–Kier alpha value is -0.860. The smallest absolute Gasteiger partial charge is 0.219 e. The maximum Gasteiger partial charge on any atom is 0.219 e. The fourth-order valence-electron chi connectivity index (χ4n) is 1.97. The second-order valence-corrected chi connectivity index (χ2v) is 4.36. The normalized spacial score (nSPS) is 22.6. The fraction of sp³-hybridized carbons (Fsp3) is 0.818. The van der Waals surface area contributed by atoms with E-state index in [9.17, 15) is 9.59 Å². The van der Waals surface area contributed by atoms with Crippen LogP contribution < -0.4 is 0 Å². The number of Topliss-reactive ketones (excluding diaryl/α,β-unsaturated/α-hetero) is 1. The van der Waals surface area contributed by atoms with Crippen molar-refractivity contribution in [2.75, 3.05) is 13.1 Å². The summed E-state index contributed by atoms with van der Waals surface area (Å²) in [5, 5.41) is 0. The zero-order valence-electron chi connectivity index (χ0n) is 9.25. The van der Waals surface area contributed by atoms with Crippen molar-refractivity contribution in [3.63, 3.8) is 0 Å². The molecule has 80 valence electrons. The maximum atomic E-state index is 11.7. The zero-order chi connectivity index (χ0) is 10.7. The van der Waals surface area contributed by atoms with E-state index in [0.717, 1.165) is 19.4 Å². The molecule has 1 atom stereocenters. The van der Waals surface area contributed by atoms with Crippen LogP contribution in [0.15, 0.2) is 0 Å². The van der Waals surface area contributed by atoms with Gasteiger partial charge in [-0.05, 0) is 12.8 Å². The number of hydrogen-bond acceptors (Lipinski definition) is 2. The summed E-state index contributed by atoms with van der Waals surface area (Å²) in [6.45, 7) is 6.87. The Morgan fingerprint density at radius 1 is 1.36 bits per heavy atom. The summed E-state index contributed by atoms with van der Waals surface area (Å²) in [6.07, 6.45) is 1.91. The van der Waals surface area contributed by atoms with Gasteiger partial charge in [-0.25, -0.2) is 0 Å². The van der Waals surface area contributed by atoms with Gasteiger partial charge in [0.25, 0.3) is 0 Å². The first kappa shape index (κ1) is 11.2. The highest BCUT2D eigenvalue weighted by Gasteiger charge is 2.27. The molecule has 1 heterocycles. The van der Waals surface area contributed by atoms with Crippen molar-refractivity contribution in [1.82, 2.24) is 4.90 Å². The highest BCUT2D eigenvalue weighted by Crippen LogP contribution is 2.20. The standard InChI is InChI=1S/C11H19NO2/c1-8(2)11(14)10-5-4-6-12(7-10)9(3)13/h8,10H,4-7H2,1-3H3. The number of piperidine rings is 1. The van der Waals surface area contributed by atoms with Crippen LogP contribution in [-0.2, 0) is 9.59 Å². The predicted octanol–water partition coefficient (Wildman–Crippen LogP) is 1.47. The molecule has 1 amide bonds. The Balaban J connectivity index is 2.56. The van der Waals surface area contributed by atoms with Crippen LogP contribution in [0.5, 0.6) is 0 Å². The second kappa shape index (κ2) is 4.58. The molecule has 0 saturated carbocycles. The van der Waals surface area contributed by atoms with Crippen molar-refractivity contribution in [1.29, 1.82) is 0 Å². The molecule has 3 heteroatoms. The van der Waals surface area contributed by atoms with E-state index in [1.165, 1.54) is 0 Å². The Labute approximate surface area is 85.5 Å². The molecule has 0 aromatic rings. The van der Waals surface area contributed by atoms with Gasteiger partial charge in [0, 0.05) is 31.8 Å². The van der Waals surface area contributed by atoms with Crippen molar-refractivity contribution in [2.24, 2.45) is 11.8 Å². The molecule has 1 aliphatic heterocycles. The summed E-state index contributed by atoms with van der Waals surface area (Å²) < 4.78 is 0. The Morgan fingerprint density at radius 3 is 2.50 bits per heavy atom. The molecule has 0 N–H and O–H groups in total. The minimum Gasteiger partial charge on any atom is -0.342 e. The van der Waals surface area contributed by atoms with Gasteiger partial charge in [0.2, 0.25) is 5.91 Å². The van der Waals surface area contributed by atoms with Crippen molar-refractivity contribution in [3.05, 3.63) is 0 Å². The molecule has 0 spiro atoms. The lowest BCUT2D eigenvalue weighted by Gasteiger charge is -2.31. The number of carbonyl (C=O) groups excluding carboxylic acids is 2. The Kier molecular flexibility index (Phi) is 3.67. The van der Waals surface area contributed by atoms with Gasteiger partial charge in [0.15, 0.2) is 0 Å². The summed E-state index contributed by atoms with van der Waals surface area (Å²) in [5.41, 5.74) is 0. The van der Waals surface area contributed by atoms with Crippen LogP contribution in [0.1, 0.15) is 33.6 Å². The first-order valence-electron chi connectivity index (χ1n) is 5.31. The number of rotatable bonds is 2. The van der Waals surface area contributed by atoms with Gasteiger partial charge in [-0.15, -0.1) is 0 Å². The molecule has 1 unspecified atom stereocenters. The lowest BCUT2D eigenvalue weighted by molar-refractivity contribution is -0.134. The van der Waals surface area contributed by atoms with Crippen molar-refractivity contribution in [2.45, 2.75) is 33.6 Å². The van der Waals surface area contributed by atoms with Gasteiger partial charge in [-0.3, -0.25) is 9.59 Å². The largest absolute Gasteiger partial charge is 0.342 e. The van der Waals surface area contributed by atoms with E-state index >= 15 is 0 Å². The second-order valence-electron chi connectivity index (χ2n) is 4.36. The van der Waals surface area contributed by atoms with Crippen LogP contribution >= 0.6 is 0 Å². The van der Waals surface area contributed by atoms with Crippen LogP contribution in [0, 0.1) is 11.8 Å². The molecule has 0 aromatic carbocycles. The van der Waals surface area contributed by atoms with Crippen molar-refractivity contribution >= 4 is 11.7 Å². The minimum atomic E-state index is 0.0765. The van der Waals surface area contributed by atoms with Crippen LogP contribution in [-0.4, -0.2) is 29.7 Å².